The zero-order valence-electron chi connectivity index (χ0n) is 12.7. The molecule has 0 aromatic carbocycles. The molecule has 2 aliphatic heterocycles. The minimum Gasteiger partial charge on any atom is -0.481 e. The maximum atomic E-state index is 12.3. The van der Waals surface area contributed by atoms with Gasteiger partial charge >= 0.3 is 17.8 Å². The molecule has 0 aliphatic carbocycles. The van der Waals surface area contributed by atoms with E-state index in [0.717, 1.165) is 0 Å². The number of hydrogen-bond acceptors (Lipinski definition) is 4. The van der Waals surface area contributed by atoms with Crippen molar-refractivity contribution in [3.05, 3.63) is 0 Å². The molecule has 1 atom stereocenters. The van der Waals surface area contributed by atoms with Crippen molar-refractivity contribution in [3.63, 3.8) is 0 Å². The second-order valence-corrected chi connectivity index (χ2v) is 5.63. The molecule has 0 radical (unpaired) electrons. The molecular formula is C14H21N3O5. The van der Waals surface area contributed by atoms with E-state index in [1.54, 1.807) is 6.92 Å². The first kappa shape index (κ1) is 16.3. The molecule has 2 aliphatic rings. The van der Waals surface area contributed by atoms with Gasteiger partial charge in [0, 0.05) is 32.7 Å². The van der Waals surface area contributed by atoms with E-state index in [4.69, 9.17) is 5.11 Å². The minimum atomic E-state index is -0.902. The molecule has 0 saturated carbocycles. The van der Waals surface area contributed by atoms with Crippen LogP contribution in [0.15, 0.2) is 0 Å². The standard InChI is InChI=1S/C14H21N3O5/c1-2-15-6-7-17(13(20)12(15)19)9-11(18)16-5-3-4-10(8-16)14(21)22/h10H,2-9H2,1H3,(H,21,22). The zero-order valence-corrected chi connectivity index (χ0v) is 12.7. The first-order valence-corrected chi connectivity index (χ1v) is 7.52. The molecule has 2 saturated heterocycles. The molecule has 3 amide bonds. The van der Waals surface area contributed by atoms with Crippen LogP contribution >= 0.6 is 0 Å². The summed E-state index contributed by atoms with van der Waals surface area (Å²) in [6, 6.07) is 0. The van der Waals surface area contributed by atoms with Crippen molar-refractivity contribution < 1.29 is 24.3 Å². The molecule has 22 heavy (non-hydrogen) atoms. The molecule has 122 valence electrons. The van der Waals surface area contributed by atoms with Crippen LogP contribution in [0.2, 0.25) is 0 Å². The Hall–Kier alpha value is -2.12. The fraction of sp³-hybridized carbons (Fsp3) is 0.714. The van der Waals surface area contributed by atoms with Gasteiger partial charge in [0.2, 0.25) is 5.91 Å². The van der Waals surface area contributed by atoms with Crippen molar-refractivity contribution in [1.82, 2.24) is 14.7 Å². The lowest BCUT2D eigenvalue weighted by Gasteiger charge is -2.35. The van der Waals surface area contributed by atoms with Crippen molar-refractivity contribution in [1.29, 1.82) is 0 Å². The van der Waals surface area contributed by atoms with Crippen molar-refractivity contribution in [2.75, 3.05) is 39.3 Å². The topological polar surface area (TPSA) is 98.2 Å². The Morgan fingerprint density at radius 3 is 2.41 bits per heavy atom. The molecule has 2 rings (SSSR count). The van der Waals surface area contributed by atoms with Gasteiger partial charge in [-0.05, 0) is 19.8 Å². The smallest absolute Gasteiger partial charge is 0.312 e. The third kappa shape index (κ3) is 3.37. The molecule has 1 N–H and O–H groups in total. The Morgan fingerprint density at radius 1 is 1.14 bits per heavy atom. The van der Waals surface area contributed by atoms with E-state index in [2.05, 4.69) is 0 Å². The van der Waals surface area contributed by atoms with Crippen molar-refractivity contribution >= 4 is 23.7 Å². The third-order valence-electron chi connectivity index (χ3n) is 4.23. The SMILES string of the molecule is CCN1CCN(CC(=O)N2CCCC(C(=O)O)C2)C(=O)C1=O. The van der Waals surface area contributed by atoms with Gasteiger partial charge in [0.05, 0.1) is 5.92 Å². The number of carboxylic acids is 1. The van der Waals surface area contributed by atoms with Gasteiger partial charge in [0.15, 0.2) is 0 Å². The number of aliphatic carboxylic acids is 1. The average molecular weight is 311 g/mol. The molecule has 2 heterocycles. The fourth-order valence-electron chi connectivity index (χ4n) is 2.84. The number of likely N-dealkylation sites (N-methyl/N-ethyl adjacent to an activating group) is 1. The summed E-state index contributed by atoms with van der Waals surface area (Å²) in [5.41, 5.74) is 0. The number of piperazine rings is 1. The van der Waals surface area contributed by atoms with Gasteiger partial charge in [-0.1, -0.05) is 0 Å². The molecule has 0 spiro atoms. The number of rotatable bonds is 4. The summed E-state index contributed by atoms with van der Waals surface area (Å²) in [4.78, 5) is 51.2. The van der Waals surface area contributed by atoms with E-state index in [1.165, 1.54) is 14.7 Å². The summed E-state index contributed by atoms with van der Waals surface area (Å²) in [7, 11) is 0. The number of carboxylic acid groups (broad SMARTS) is 1. The van der Waals surface area contributed by atoms with Crippen LogP contribution < -0.4 is 0 Å². The lowest BCUT2D eigenvalue weighted by atomic mass is 9.98. The van der Waals surface area contributed by atoms with E-state index in [1.807, 2.05) is 0 Å². The Bertz CT molecular complexity index is 493. The second-order valence-electron chi connectivity index (χ2n) is 5.63. The van der Waals surface area contributed by atoms with Crippen molar-refractivity contribution in [2.45, 2.75) is 19.8 Å². The number of piperidine rings is 1. The summed E-state index contributed by atoms with van der Waals surface area (Å²) >= 11 is 0. The highest BCUT2D eigenvalue weighted by atomic mass is 16.4. The Kier molecular flexibility index (Phi) is 4.99. The van der Waals surface area contributed by atoms with Crippen LogP contribution in [0.5, 0.6) is 0 Å². The lowest BCUT2D eigenvalue weighted by Crippen LogP contribution is -2.57. The Balaban J connectivity index is 1.93. The molecule has 0 aromatic heterocycles. The number of carbonyl (C=O) groups excluding carboxylic acids is 3. The largest absolute Gasteiger partial charge is 0.481 e. The van der Waals surface area contributed by atoms with E-state index >= 15 is 0 Å². The third-order valence-corrected chi connectivity index (χ3v) is 4.23. The number of hydrogen-bond donors (Lipinski definition) is 1. The van der Waals surface area contributed by atoms with Gasteiger partial charge in [0.25, 0.3) is 0 Å². The van der Waals surface area contributed by atoms with Crippen LogP contribution in [0.25, 0.3) is 0 Å². The summed E-state index contributed by atoms with van der Waals surface area (Å²) in [5.74, 6) is -2.99. The summed E-state index contributed by atoms with van der Waals surface area (Å²) in [6.45, 7) is 3.54. The molecule has 1 unspecified atom stereocenters. The van der Waals surface area contributed by atoms with Gasteiger partial charge in [-0.15, -0.1) is 0 Å². The van der Waals surface area contributed by atoms with Gasteiger partial charge in [-0.3, -0.25) is 19.2 Å². The van der Waals surface area contributed by atoms with Crippen molar-refractivity contribution in [3.8, 4) is 0 Å². The van der Waals surface area contributed by atoms with E-state index in [-0.39, 0.29) is 19.0 Å². The highest BCUT2D eigenvalue weighted by molar-refractivity contribution is 6.35. The zero-order chi connectivity index (χ0) is 16.3. The van der Waals surface area contributed by atoms with Crippen LogP contribution in [0.4, 0.5) is 0 Å². The maximum Gasteiger partial charge on any atom is 0.312 e. The molecule has 0 bridgehead atoms. The first-order chi connectivity index (χ1) is 10.4. The van der Waals surface area contributed by atoms with E-state index in [9.17, 15) is 19.2 Å². The maximum absolute atomic E-state index is 12.3. The summed E-state index contributed by atoms with van der Waals surface area (Å²) in [6.07, 6.45) is 1.20. The molecular weight excluding hydrogens is 290 g/mol. The second kappa shape index (κ2) is 6.76. The monoisotopic (exact) mass is 311 g/mol. The summed E-state index contributed by atoms with van der Waals surface area (Å²) < 4.78 is 0. The number of carbonyl (C=O) groups is 4. The Labute approximate surface area is 128 Å². The van der Waals surface area contributed by atoms with Crippen LogP contribution in [-0.2, 0) is 19.2 Å². The van der Waals surface area contributed by atoms with E-state index < -0.39 is 23.7 Å². The highest BCUT2D eigenvalue weighted by Crippen LogP contribution is 2.17. The molecule has 0 aromatic rings. The fourth-order valence-corrected chi connectivity index (χ4v) is 2.84. The predicted octanol–water partition coefficient (Wildman–Crippen LogP) is -1.000. The molecule has 2 fully saturated rings. The van der Waals surface area contributed by atoms with E-state index in [0.29, 0.717) is 39.0 Å². The predicted molar refractivity (Wildman–Crippen MR) is 75.8 cm³/mol. The van der Waals surface area contributed by atoms with Gasteiger partial charge in [-0.25, -0.2) is 0 Å². The first-order valence-electron chi connectivity index (χ1n) is 7.52. The minimum absolute atomic E-state index is 0.158. The summed E-state index contributed by atoms with van der Waals surface area (Å²) in [5, 5.41) is 9.04. The Morgan fingerprint density at radius 2 is 1.77 bits per heavy atom. The normalized spacial score (nSPS) is 23.0. The van der Waals surface area contributed by atoms with Gasteiger partial charge in [0.1, 0.15) is 6.54 Å². The van der Waals surface area contributed by atoms with Crippen molar-refractivity contribution in [2.24, 2.45) is 5.92 Å². The molecule has 8 heteroatoms. The lowest BCUT2D eigenvalue weighted by molar-refractivity contribution is -0.158. The molecule has 8 nitrogen and oxygen atoms in total. The van der Waals surface area contributed by atoms with Crippen LogP contribution in [-0.4, -0.2) is 82.8 Å². The number of likely N-dealkylation sites (tertiary alicyclic amines) is 1. The van der Waals surface area contributed by atoms with Gasteiger partial charge < -0.3 is 19.8 Å². The average Bonchev–Trinajstić information content (AvgIpc) is 2.52. The van der Waals surface area contributed by atoms with Crippen LogP contribution in [0, 0.1) is 5.92 Å². The van der Waals surface area contributed by atoms with Gasteiger partial charge in [-0.2, -0.15) is 0 Å². The van der Waals surface area contributed by atoms with Crippen LogP contribution in [0.3, 0.4) is 0 Å². The number of nitrogens with zero attached hydrogens (tertiary/aromatic N) is 3. The number of amides is 3. The quantitative estimate of drug-likeness (QED) is 0.672. The highest BCUT2D eigenvalue weighted by Gasteiger charge is 2.34. The van der Waals surface area contributed by atoms with Crippen LogP contribution in [0.1, 0.15) is 19.8 Å².